The predicted octanol–water partition coefficient (Wildman–Crippen LogP) is 2.50. The molecule has 114 valence electrons. The molecule has 0 aromatic rings. The van der Waals surface area contributed by atoms with Gasteiger partial charge in [0.05, 0.1) is 0 Å². The van der Waals surface area contributed by atoms with Crippen molar-refractivity contribution in [3.05, 3.63) is 0 Å². The third kappa shape index (κ3) is 4.44. The number of nitrogens with zero attached hydrogens (tertiary/aromatic N) is 1. The number of hydrogen-bond acceptors (Lipinski definition) is 3. The molecule has 0 aliphatic heterocycles. The fourth-order valence-electron chi connectivity index (χ4n) is 3.25. The number of rotatable bonds is 7. The number of aliphatic hydroxyl groups excluding tert-OH is 1. The van der Waals surface area contributed by atoms with E-state index in [1.807, 2.05) is 0 Å². The first-order valence-corrected chi connectivity index (χ1v) is 7.86. The van der Waals surface area contributed by atoms with Gasteiger partial charge in [0, 0.05) is 30.7 Å². The summed E-state index contributed by atoms with van der Waals surface area (Å²) in [6, 6.07) is 0. The molecule has 0 spiro atoms. The van der Waals surface area contributed by atoms with Crippen LogP contribution < -0.4 is 5.32 Å². The van der Waals surface area contributed by atoms with E-state index in [2.05, 4.69) is 45.1 Å². The van der Waals surface area contributed by atoms with E-state index in [0.29, 0.717) is 5.54 Å². The molecule has 19 heavy (non-hydrogen) atoms. The molecular formula is C16H34N2O. The maximum Gasteiger partial charge on any atom is 0.0496 e. The quantitative estimate of drug-likeness (QED) is 0.746. The van der Waals surface area contributed by atoms with Crippen LogP contribution in [0.2, 0.25) is 0 Å². The second kappa shape index (κ2) is 7.05. The van der Waals surface area contributed by atoms with Gasteiger partial charge in [0.15, 0.2) is 0 Å². The van der Waals surface area contributed by atoms with E-state index >= 15 is 0 Å². The number of nitrogens with one attached hydrogen (secondary N) is 1. The second-order valence-corrected chi connectivity index (χ2v) is 7.25. The third-order valence-electron chi connectivity index (χ3n) is 5.26. The van der Waals surface area contributed by atoms with Crippen molar-refractivity contribution < 1.29 is 5.11 Å². The zero-order chi connectivity index (χ0) is 14.5. The summed E-state index contributed by atoms with van der Waals surface area (Å²) in [6.45, 7) is 8.90. The Morgan fingerprint density at radius 1 is 1.42 bits per heavy atom. The highest BCUT2D eigenvalue weighted by Gasteiger charge is 2.37. The second-order valence-electron chi connectivity index (χ2n) is 7.25. The summed E-state index contributed by atoms with van der Waals surface area (Å²) in [7, 11) is 4.43. The summed E-state index contributed by atoms with van der Waals surface area (Å²) in [6.07, 6.45) is 6.31. The third-order valence-corrected chi connectivity index (χ3v) is 5.26. The molecule has 0 aromatic heterocycles. The lowest BCUT2D eigenvalue weighted by Crippen LogP contribution is -2.55. The van der Waals surface area contributed by atoms with E-state index in [4.69, 9.17) is 0 Å². The Morgan fingerprint density at radius 3 is 2.58 bits per heavy atom. The Bertz CT molecular complexity index is 263. The average molecular weight is 270 g/mol. The van der Waals surface area contributed by atoms with Crippen molar-refractivity contribution in [2.75, 3.05) is 33.8 Å². The molecule has 1 rings (SSSR count). The lowest BCUT2D eigenvalue weighted by molar-refractivity contribution is 0.0668. The summed E-state index contributed by atoms with van der Waals surface area (Å²) in [5.74, 6) is 0.827. The standard InChI is InChI=1S/C16H34N2O/c1-6-15(3,13-19)11-17-12-16(18(4)5)9-7-8-14(2)10-16/h14,17,19H,6-13H2,1-5H3. The van der Waals surface area contributed by atoms with Crippen molar-refractivity contribution in [1.29, 1.82) is 0 Å². The summed E-state index contributed by atoms with van der Waals surface area (Å²) in [4.78, 5) is 2.41. The highest BCUT2D eigenvalue weighted by molar-refractivity contribution is 4.95. The van der Waals surface area contributed by atoms with E-state index in [0.717, 1.165) is 25.4 Å². The maximum absolute atomic E-state index is 9.49. The van der Waals surface area contributed by atoms with Crippen LogP contribution in [0.5, 0.6) is 0 Å². The van der Waals surface area contributed by atoms with E-state index < -0.39 is 0 Å². The lowest BCUT2D eigenvalue weighted by Gasteiger charge is -2.46. The molecule has 3 atom stereocenters. The SMILES string of the molecule is CCC(C)(CO)CNCC1(N(C)C)CCCC(C)C1. The highest BCUT2D eigenvalue weighted by Crippen LogP contribution is 2.35. The highest BCUT2D eigenvalue weighted by atomic mass is 16.3. The molecule has 0 radical (unpaired) electrons. The van der Waals surface area contributed by atoms with Crippen molar-refractivity contribution in [1.82, 2.24) is 10.2 Å². The summed E-state index contributed by atoms with van der Waals surface area (Å²) < 4.78 is 0. The minimum Gasteiger partial charge on any atom is -0.396 e. The minimum atomic E-state index is 0.0216. The number of aliphatic hydroxyl groups is 1. The minimum absolute atomic E-state index is 0.0216. The van der Waals surface area contributed by atoms with Gasteiger partial charge in [-0.2, -0.15) is 0 Å². The van der Waals surface area contributed by atoms with Gasteiger partial charge in [0.25, 0.3) is 0 Å². The van der Waals surface area contributed by atoms with Crippen LogP contribution in [0.4, 0.5) is 0 Å². The van der Waals surface area contributed by atoms with Crippen LogP contribution in [0, 0.1) is 11.3 Å². The maximum atomic E-state index is 9.49. The Morgan fingerprint density at radius 2 is 2.11 bits per heavy atom. The van der Waals surface area contributed by atoms with Crippen LogP contribution in [0.25, 0.3) is 0 Å². The summed E-state index contributed by atoms with van der Waals surface area (Å²) in [5.41, 5.74) is 0.329. The molecule has 0 aromatic carbocycles. The van der Waals surface area contributed by atoms with E-state index in [-0.39, 0.29) is 12.0 Å². The van der Waals surface area contributed by atoms with E-state index in [1.54, 1.807) is 0 Å². The molecule has 1 aliphatic rings. The lowest BCUT2D eigenvalue weighted by atomic mass is 9.75. The van der Waals surface area contributed by atoms with E-state index in [1.165, 1.54) is 25.7 Å². The van der Waals surface area contributed by atoms with Gasteiger partial charge in [-0.3, -0.25) is 0 Å². The smallest absolute Gasteiger partial charge is 0.0496 e. The molecule has 2 N–H and O–H groups in total. The van der Waals surface area contributed by atoms with Crippen molar-refractivity contribution >= 4 is 0 Å². The average Bonchev–Trinajstić information content (AvgIpc) is 2.38. The monoisotopic (exact) mass is 270 g/mol. The Labute approximate surface area is 119 Å². The van der Waals surface area contributed by atoms with Crippen LogP contribution in [0.1, 0.15) is 52.9 Å². The zero-order valence-electron chi connectivity index (χ0n) is 13.6. The molecule has 3 unspecified atom stereocenters. The fraction of sp³-hybridized carbons (Fsp3) is 1.00. The Balaban J connectivity index is 2.55. The van der Waals surface area contributed by atoms with Gasteiger partial charge in [-0.25, -0.2) is 0 Å². The molecule has 0 saturated heterocycles. The number of hydrogen-bond donors (Lipinski definition) is 2. The molecule has 3 heteroatoms. The first-order chi connectivity index (χ1) is 8.87. The van der Waals surface area contributed by atoms with Gasteiger partial charge >= 0.3 is 0 Å². The van der Waals surface area contributed by atoms with E-state index in [9.17, 15) is 5.11 Å². The molecule has 1 fully saturated rings. The van der Waals surface area contributed by atoms with Crippen LogP contribution in [-0.2, 0) is 0 Å². The summed E-state index contributed by atoms with van der Waals surface area (Å²) >= 11 is 0. The largest absolute Gasteiger partial charge is 0.396 e. The van der Waals surface area contributed by atoms with Crippen molar-refractivity contribution in [2.45, 2.75) is 58.4 Å². The van der Waals surface area contributed by atoms with Crippen molar-refractivity contribution in [3.8, 4) is 0 Å². The predicted molar refractivity (Wildman–Crippen MR) is 82.4 cm³/mol. The van der Waals surface area contributed by atoms with Gasteiger partial charge in [-0.05, 0) is 39.3 Å². The zero-order valence-corrected chi connectivity index (χ0v) is 13.6. The first kappa shape index (κ1) is 16.9. The van der Waals surface area contributed by atoms with Gasteiger partial charge in [-0.15, -0.1) is 0 Å². The fourth-order valence-corrected chi connectivity index (χ4v) is 3.25. The van der Waals surface area contributed by atoms with Gasteiger partial charge in [0.1, 0.15) is 0 Å². The molecular weight excluding hydrogens is 236 g/mol. The Kier molecular flexibility index (Phi) is 6.28. The van der Waals surface area contributed by atoms with Crippen molar-refractivity contribution in [3.63, 3.8) is 0 Å². The van der Waals surface area contributed by atoms with Crippen LogP contribution >= 0.6 is 0 Å². The first-order valence-electron chi connectivity index (χ1n) is 7.86. The Hall–Kier alpha value is -0.120. The van der Waals surface area contributed by atoms with Crippen LogP contribution in [0.15, 0.2) is 0 Å². The molecule has 1 saturated carbocycles. The molecule has 0 bridgehead atoms. The van der Waals surface area contributed by atoms with Gasteiger partial charge in [-0.1, -0.05) is 33.6 Å². The van der Waals surface area contributed by atoms with Crippen molar-refractivity contribution in [2.24, 2.45) is 11.3 Å². The molecule has 3 nitrogen and oxygen atoms in total. The van der Waals surface area contributed by atoms with Crippen LogP contribution in [-0.4, -0.2) is 49.3 Å². The number of likely N-dealkylation sites (N-methyl/N-ethyl adjacent to an activating group) is 1. The topological polar surface area (TPSA) is 35.5 Å². The van der Waals surface area contributed by atoms with Gasteiger partial charge < -0.3 is 15.3 Å². The summed E-state index contributed by atoms with van der Waals surface area (Å²) in [5, 5.41) is 13.1. The molecule has 0 amide bonds. The van der Waals surface area contributed by atoms with Crippen LogP contribution in [0.3, 0.4) is 0 Å². The van der Waals surface area contributed by atoms with Gasteiger partial charge in [0.2, 0.25) is 0 Å². The molecule has 1 aliphatic carbocycles. The normalized spacial score (nSPS) is 31.4. The molecule has 0 heterocycles.